The average Bonchev–Trinajstić information content (AvgIpc) is 3.21. The van der Waals surface area contributed by atoms with Gasteiger partial charge in [-0.25, -0.2) is 0 Å². The van der Waals surface area contributed by atoms with Crippen molar-refractivity contribution in [3.63, 3.8) is 0 Å². The number of nitrogens with zero attached hydrogens (tertiary/aromatic N) is 3. The minimum absolute atomic E-state index is 0.120. The second-order valence-corrected chi connectivity index (χ2v) is 9.06. The molecule has 1 aromatic carbocycles. The van der Waals surface area contributed by atoms with E-state index in [9.17, 15) is 13.0 Å². The number of hydrogen-bond acceptors (Lipinski definition) is 2. The quantitative estimate of drug-likeness (QED) is 0.329. The Hall–Kier alpha value is -3.42. The highest BCUT2D eigenvalue weighted by atomic mass is 32.2. The molecule has 6 rings (SSSR count). The molecule has 0 amide bonds. The number of aromatic nitrogens is 3. The van der Waals surface area contributed by atoms with E-state index in [4.69, 9.17) is 0 Å². The maximum atomic E-state index is 11.9. The van der Waals surface area contributed by atoms with Crippen molar-refractivity contribution < 1.29 is 26.7 Å². The highest BCUT2D eigenvalue weighted by Gasteiger charge is 2.74. The molecule has 146 valence electrons. The van der Waals surface area contributed by atoms with Crippen LogP contribution in [0.3, 0.4) is 0 Å². The molecule has 6 nitrogen and oxygen atoms in total. The van der Waals surface area contributed by atoms with E-state index in [1.807, 2.05) is 55.7 Å². The lowest BCUT2D eigenvalue weighted by Gasteiger charge is -2.10. The summed E-state index contributed by atoms with van der Waals surface area (Å²) < 4.78 is 39.9. The Kier molecular flexibility index (Phi) is 3.25. The first-order valence-electron chi connectivity index (χ1n) is 9.61. The van der Waals surface area contributed by atoms with E-state index in [1.54, 1.807) is 12.3 Å². The number of fused-ring (bicyclic) bond motifs is 10. The SMILES string of the molecule is Cc1ccc[n+]2c1-c1cc(S(=O)(=O)O)cc[n+]1C21c2ccccc2-c2cccc[n+]21. The Bertz CT molecular complexity index is 1450. The van der Waals surface area contributed by atoms with Crippen molar-refractivity contribution in [3.05, 3.63) is 96.4 Å². The van der Waals surface area contributed by atoms with Crippen molar-refractivity contribution in [2.75, 3.05) is 0 Å². The van der Waals surface area contributed by atoms with Crippen molar-refractivity contribution >= 4 is 10.1 Å². The fraction of sp³-hybridized carbons (Fsp3) is 0.0870. The fourth-order valence-corrected chi connectivity index (χ4v) is 5.46. The van der Waals surface area contributed by atoms with Gasteiger partial charge in [0.2, 0.25) is 5.69 Å². The molecule has 1 N–H and O–H groups in total. The van der Waals surface area contributed by atoms with Gasteiger partial charge in [-0.1, -0.05) is 25.8 Å². The van der Waals surface area contributed by atoms with E-state index >= 15 is 0 Å². The van der Waals surface area contributed by atoms with E-state index in [-0.39, 0.29) is 4.90 Å². The highest BCUT2D eigenvalue weighted by Crippen LogP contribution is 2.38. The van der Waals surface area contributed by atoms with Crippen LogP contribution in [0.5, 0.6) is 0 Å². The smallest absolute Gasteiger partial charge is 0.282 e. The molecule has 0 saturated heterocycles. The monoisotopic (exact) mass is 416 g/mol. The molecule has 0 saturated carbocycles. The fourth-order valence-electron chi connectivity index (χ4n) is 4.97. The molecular weight excluding hydrogens is 398 g/mol. The van der Waals surface area contributed by atoms with Gasteiger partial charge in [0.15, 0.2) is 24.2 Å². The van der Waals surface area contributed by atoms with Gasteiger partial charge in [-0.15, -0.1) is 0 Å². The molecule has 4 aromatic rings. The Labute approximate surface area is 173 Å². The summed E-state index contributed by atoms with van der Waals surface area (Å²) in [6, 6.07) is 21.4. The summed E-state index contributed by atoms with van der Waals surface area (Å²) in [6.45, 7) is 2.01. The first kappa shape index (κ1) is 17.4. The van der Waals surface area contributed by atoms with Crippen molar-refractivity contribution in [1.29, 1.82) is 0 Å². The first-order chi connectivity index (χ1) is 14.4. The second kappa shape index (κ2) is 5.59. The summed E-state index contributed by atoms with van der Waals surface area (Å²) in [5.74, 6) is -0.748. The maximum Gasteiger partial charge on any atom is 0.591 e. The van der Waals surface area contributed by atoms with Crippen LogP contribution in [-0.4, -0.2) is 13.0 Å². The van der Waals surface area contributed by atoms with Gasteiger partial charge in [0.1, 0.15) is 4.90 Å². The summed E-state index contributed by atoms with van der Waals surface area (Å²) in [7, 11) is -4.33. The standard InChI is InChI=1S/C23H17N3O3S/c1-16-7-6-13-26-22(16)21-15-17(30(27,28)29)11-14-25(21)23(26)19-9-3-2-8-18(19)20-10-4-5-12-24(20)23/h2-15H,1H3/q+2/p+1. The minimum atomic E-state index is -4.33. The molecule has 1 atom stereocenters. The molecule has 1 spiro atoms. The lowest BCUT2D eigenvalue weighted by molar-refractivity contribution is -1.13. The van der Waals surface area contributed by atoms with Gasteiger partial charge in [0.25, 0.3) is 21.5 Å². The van der Waals surface area contributed by atoms with Crippen LogP contribution in [0.25, 0.3) is 22.6 Å². The Morgan fingerprint density at radius 1 is 0.800 bits per heavy atom. The maximum absolute atomic E-state index is 11.9. The molecule has 0 fully saturated rings. The van der Waals surface area contributed by atoms with Gasteiger partial charge in [-0.3, -0.25) is 4.55 Å². The predicted molar refractivity (Wildman–Crippen MR) is 107 cm³/mol. The van der Waals surface area contributed by atoms with Gasteiger partial charge in [-0.05, 0) is 31.2 Å². The zero-order chi connectivity index (χ0) is 20.7. The van der Waals surface area contributed by atoms with Crippen LogP contribution in [0.1, 0.15) is 11.1 Å². The number of aryl methyl sites for hydroxylation is 1. The Morgan fingerprint density at radius 2 is 1.53 bits per heavy atom. The summed E-state index contributed by atoms with van der Waals surface area (Å²) in [6.07, 6.45) is 5.82. The van der Waals surface area contributed by atoms with E-state index in [1.165, 1.54) is 6.07 Å². The molecule has 2 aliphatic rings. The molecule has 3 aromatic heterocycles. The molecule has 0 radical (unpaired) electrons. The van der Waals surface area contributed by atoms with Crippen molar-refractivity contribution in [2.24, 2.45) is 0 Å². The highest BCUT2D eigenvalue weighted by molar-refractivity contribution is 7.85. The third-order valence-electron chi connectivity index (χ3n) is 6.09. The summed E-state index contributed by atoms with van der Waals surface area (Å²) >= 11 is 0. The van der Waals surface area contributed by atoms with Gasteiger partial charge in [0, 0.05) is 35.9 Å². The van der Waals surface area contributed by atoms with Crippen LogP contribution in [0.2, 0.25) is 0 Å². The molecule has 7 heteroatoms. The van der Waals surface area contributed by atoms with Gasteiger partial charge in [-0.2, -0.15) is 8.42 Å². The molecule has 2 aliphatic heterocycles. The number of benzene rings is 1. The number of pyridine rings is 3. The van der Waals surface area contributed by atoms with E-state index in [0.29, 0.717) is 0 Å². The van der Waals surface area contributed by atoms with Gasteiger partial charge in [0.05, 0.1) is 5.56 Å². The predicted octanol–water partition coefficient (Wildman–Crippen LogP) is 1.82. The van der Waals surface area contributed by atoms with Crippen LogP contribution in [0, 0.1) is 6.92 Å². The molecule has 5 heterocycles. The van der Waals surface area contributed by atoms with Crippen molar-refractivity contribution in [3.8, 4) is 22.6 Å². The lowest BCUT2D eigenvalue weighted by Crippen LogP contribution is -2.83. The first-order valence-corrected chi connectivity index (χ1v) is 11.0. The topological polar surface area (TPSA) is 66.0 Å². The summed E-state index contributed by atoms with van der Waals surface area (Å²) in [5, 5.41) is 0. The van der Waals surface area contributed by atoms with Crippen LogP contribution < -0.4 is 13.7 Å². The second-order valence-electron chi connectivity index (χ2n) is 7.64. The van der Waals surface area contributed by atoms with Crippen LogP contribution in [0.4, 0.5) is 0 Å². The molecular formula is C23H18N3O3S+3. The van der Waals surface area contributed by atoms with Crippen LogP contribution in [-0.2, 0) is 15.9 Å². The minimum Gasteiger partial charge on any atom is -0.282 e. The zero-order valence-electron chi connectivity index (χ0n) is 16.1. The van der Waals surface area contributed by atoms with E-state index in [0.717, 1.165) is 33.8 Å². The lowest BCUT2D eigenvalue weighted by atomic mass is 10.0. The average molecular weight is 416 g/mol. The Balaban J connectivity index is 1.84. The third-order valence-corrected chi connectivity index (χ3v) is 6.94. The van der Waals surface area contributed by atoms with E-state index in [2.05, 4.69) is 31.9 Å². The van der Waals surface area contributed by atoms with Crippen LogP contribution in [0.15, 0.2) is 90.2 Å². The normalized spacial score (nSPS) is 18.1. The zero-order valence-corrected chi connectivity index (χ0v) is 16.9. The summed E-state index contributed by atoms with van der Waals surface area (Å²) in [5.41, 5.74) is 5.93. The molecule has 30 heavy (non-hydrogen) atoms. The van der Waals surface area contributed by atoms with E-state index < -0.39 is 15.9 Å². The van der Waals surface area contributed by atoms with Gasteiger partial charge < -0.3 is 0 Å². The number of hydrogen-bond donors (Lipinski definition) is 1. The molecule has 0 bridgehead atoms. The van der Waals surface area contributed by atoms with Gasteiger partial charge >= 0.3 is 5.79 Å². The third kappa shape index (κ3) is 1.96. The molecule has 1 unspecified atom stereocenters. The molecule has 0 aliphatic carbocycles. The largest absolute Gasteiger partial charge is 0.591 e. The van der Waals surface area contributed by atoms with Crippen LogP contribution >= 0.6 is 0 Å². The van der Waals surface area contributed by atoms with Crippen molar-refractivity contribution in [1.82, 2.24) is 0 Å². The van der Waals surface area contributed by atoms with Crippen molar-refractivity contribution in [2.45, 2.75) is 17.6 Å². The number of rotatable bonds is 1. The Morgan fingerprint density at radius 3 is 2.37 bits per heavy atom. The summed E-state index contributed by atoms with van der Waals surface area (Å²) in [4.78, 5) is -0.120.